The second kappa shape index (κ2) is 9.38. The van der Waals surface area contributed by atoms with Crippen LogP contribution < -0.4 is 0 Å². The largest absolute Gasteiger partial charge is 0.291 e. The van der Waals surface area contributed by atoms with E-state index in [0.717, 1.165) is 19.3 Å². The number of hydrogen-bond acceptors (Lipinski definition) is 1. The summed E-state index contributed by atoms with van der Waals surface area (Å²) in [7, 11) is 0. The van der Waals surface area contributed by atoms with Crippen LogP contribution in [-0.2, 0) is 4.79 Å². The van der Waals surface area contributed by atoms with Crippen molar-refractivity contribution < 1.29 is 4.79 Å². The van der Waals surface area contributed by atoms with Crippen LogP contribution in [0, 0.1) is 11.8 Å². The lowest BCUT2D eigenvalue weighted by molar-refractivity contribution is 0.540. The Balaban J connectivity index is 3.97. The molecule has 0 saturated carbocycles. The van der Waals surface area contributed by atoms with Gasteiger partial charge in [0.25, 0.3) is 0 Å². The summed E-state index contributed by atoms with van der Waals surface area (Å²) in [5, 5.41) is 0. The maximum absolute atomic E-state index is 10.2. The molecule has 0 fully saturated rings. The Morgan fingerprint density at radius 2 is 2.00 bits per heavy atom. The van der Waals surface area contributed by atoms with E-state index in [-0.39, 0.29) is 0 Å². The summed E-state index contributed by atoms with van der Waals surface area (Å²) in [5.74, 6) is 1.02. The van der Waals surface area contributed by atoms with Crippen LogP contribution in [0.25, 0.3) is 0 Å². The summed E-state index contributed by atoms with van der Waals surface area (Å²) in [5.41, 5.74) is 1.39. The summed E-state index contributed by atoms with van der Waals surface area (Å²) in [6.45, 7) is 8.65. The molecular weight excluding hydrogens is 196 g/mol. The van der Waals surface area contributed by atoms with E-state index in [1.54, 1.807) is 0 Å². The fraction of sp³-hybridized carbons (Fsp3) is 0.667. The first-order chi connectivity index (χ1) is 7.60. The number of hydrogen-bond donors (Lipinski definition) is 0. The summed E-state index contributed by atoms with van der Waals surface area (Å²) >= 11 is 0. The predicted molar refractivity (Wildman–Crippen MR) is 71.1 cm³/mol. The van der Waals surface area contributed by atoms with Crippen molar-refractivity contribution >= 4 is 6.29 Å². The molecule has 1 radical (unpaired) electrons. The highest BCUT2D eigenvalue weighted by atomic mass is 16.1. The molecule has 1 nitrogen and oxygen atoms in total. The molecule has 91 valence electrons. The van der Waals surface area contributed by atoms with E-state index < -0.39 is 0 Å². The minimum absolute atomic E-state index is 0.330. The molecule has 0 aliphatic rings. The van der Waals surface area contributed by atoms with Gasteiger partial charge in [-0.05, 0) is 38.0 Å². The van der Waals surface area contributed by atoms with Crippen molar-refractivity contribution in [2.24, 2.45) is 11.8 Å². The molecule has 0 rings (SSSR count). The number of carbonyl (C=O) groups excluding carboxylic acids is 1. The van der Waals surface area contributed by atoms with Gasteiger partial charge in [-0.1, -0.05) is 44.6 Å². The van der Waals surface area contributed by atoms with Crippen LogP contribution in [-0.4, -0.2) is 6.29 Å². The molecule has 0 aromatic carbocycles. The first kappa shape index (κ1) is 15.2. The van der Waals surface area contributed by atoms with Crippen LogP contribution in [0.4, 0.5) is 0 Å². The zero-order chi connectivity index (χ0) is 12.4. The molecule has 1 heteroatoms. The van der Waals surface area contributed by atoms with Gasteiger partial charge >= 0.3 is 0 Å². The average molecular weight is 221 g/mol. The average Bonchev–Trinajstić information content (AvgIpc) is 2.17. The van der Waals surface area contributed by atoms with E-state index >= 15 is 0 Å². The fourth-order valence-electron chi connectivity index (χ4n) is 1.87. The van der Waals surface area contributed by atoms with Crippen LogP contribution in [0.2, 0.25) is 0 Å². The van der Waals surface area contributed by atoms with Crippen molar-refractivity contribution in [3.05, 3.63) is 23.8 Å². The van der Waals surface area contributed by atoms with Gasteiger partial charge in [0, 0.05) is 6.42 Å². The minimum atomic E-state index is 0.330. The molecule has 2 atom stereocenters. The highest BCUT2D eigenvalue weighted by Crippen LogP contribution is 2.17. The molecule has 0 N–H and O–H groups in total. The molecule has 0 aliphatic carbocycles. The standard InChI is InChI=1S/C15H25O/c1-5-6-7-8-13(2)11-15(4)12-14(3)9-10-16/h6-7,12-14H,5,8-9,11H2,1-4H3. The van der Waals surface area contributed by atoms with Crippen LogP contribution in [0.15, 0.2) is 23.8 Å². The normalized spacial score (nSPS) is 16.4. The lowest BCUT2D eigenvalue weighted by Crippen LogP contribution is -1.97. The van der Waals surface area contributed by atoms with Gasteiger partial charge in [0.15, 0.2) is 6.29 Å². The summed E-state index contributed by atoms with van der Waals surface area (Å²) in [4.78, 5) is 10.2. The molecule has 0 aromatic heterocycles. The minimum Gasteiger partial charge on any atom is -0.291 e. The van der Waals surface area contributed by atoms with E-state index in [1.165, 1.54) is 5.57 Å². The van der Waals surface area contributed by atoms with Gasteiger partial charge in [-0.15, -0.1) is 0 Å². The van der Waals surface area contributed by atoms with Crippen molar-refractivity contribution in [1.29, 1.82) is 0 Å². The second-order valence-corrected chi connectivity index (χ2v) is 4.76. The third-order valence-corrected chi connectivity index (χ3v) is 2.59. The van der Waals surface area contributed by atoms with Gasteiger partial charge < -0.3 is 0 Å². The molecule has 0 amide bonds. The summed E-state index contributed by atoms with van der Waals surface area (Å²) < 4.78 is 0. The Labute approximate surface area is 101 Å². The molecule has 2 unspecified atom stereocenters. The molecule has 0 spiro atoms. The van der Waals surface area contributed by atoms with E-state index in [2.05, 4.69) is 45.9 Å². The maximum atomic E-state index is 10.2. The van der Waals surface area contributed by atoms with E-state index in [4.69, 9.17) is 0 Å². The van der Waals surface area contributed by atoms with Crippen LogP contribution in [0.1, 0.15) is 53.4 Å². The van der Waals surface area contributed by atoms with Gasteiger partial charge in [0.1, 0.15) is 0 Å². The Morgan fingerprint density at radius 3 is 2.56 bits per heavy atom. The van der Waals surface area contributed by atoms with Gasteiger partial charge in [0.2, 0.25) is 0 Å². The highest BCUT2D eigenvalue weighted by molar-refractivity contribution is 5.51. The van der Waals surface area contributed by atoms with E-state index in [1.807, 2.05) is 6.29 Å². The lowest BCUT2D eigenvalue weighted by atomic mass is 9.95. The zero-order valence-electron chi connectivity index (χ0n) is 11.1. The summed E-state index contributed by atoms with van der Waals surface area (Å²) in [6.07, 6.45) is 12.6. The smallest absolute Gasteiger partial charge is 0.198 e. The first-order valence-electron chi connectivity index (χ1n) is 6.27. The van der Waals surface area contributed by atoms with Crippen molar-refractivity contribution in [2.75, 3.05) is 0 Å². The van der Waals surface area contributed by atoms with Crippen molar-refractivity contribution in [3.8, 4) is 0 Å². The molecular formula is C15H25O. The molecule has 0 aromatic rings. The van der Waals surface area contributed by atoms with Gasteiger partial charge in [0.05, 0.1) is 0 Å². The predicted octanol–water partition coefficient (Wildman–Crippen LogP) is 4.45. The molecule has 0 heterocycles. The van der Waals surface area contributed by atoms with Gasteiger partial charge in [-0.25, -0.2) is 0 Å². The zero-order valence-corrected chi connectivity index (χ0v) is 11.1. The van der Waals surface area contributed by atoms with E-state index in [0.29, 0.717) is 18.3 Å². The van der Waals surface area contributed by atoms with Crippen LogP contribution in [0.5, 0.6) is 0 Å². The maximum Gasteiger partial charge on any atom is 0.198 e. The van der Waals surface area contributed by atoms with Gasteiger partial charge in [-0.2, -0.15) is 0 Å². The van der Waals surface area contributed by atoms with Crippen molar-refractivity contribution in [1.82, 2.24) is 0 Å². The van der Waals surface area contributed by atoms with Crippen molar-refractivity contribution in [3.63, 3.8) is 0 Å². The third kappa shape index (κ3) is 8.46. The number of rotatable bonds is 8. The highest BCUT2D eigenvalue weighted by Gasteiger charge is 2.03. The van der Waals surface area contributed by atoms with E-state index in [9.17, 15) is 4.79 Å². The number of allylic oxidation sites excluding steroid dienone is 4. The fourth-order valence-corrected chi connectivity index (χ4v) is 1.87. The second-order valence-electron chi connectivity index (χ2n) is 4.76. The molecule has 16 heavy (non-hydrogen) atoms. The Kier molecular flexibility index (Phi) is 8.88. The quantitative estimate of drug-likeness (QED) is 0.553. The SMILES string of the molecule is CCC=CCC(C)CC(C)=CC(C)C[C]=O. The molecule has 0 saturated heterocycles. The topological polar surface area (TPSA) is 17.1 Å². The Hall–Kier alpha value is -0.850. The van der Waals surface area contributed by atoms with Crippen molar-refractivity contribution in [2.45, 2.75) is 53.4 Å². The Morgan fingerprint density at radius 1 is 1.31 bits per heavy atom. The monoisotopic (exact) mass is 221 g/mol. The molecule has 0 bridgehead atoms. The Bertz CT molecular complexity index is 238. The summed E-state index contributed by atoms with van der Waals surface area (Å²) in [6, 6.07) is 0. The molecule has 0 aliphatic heterocycles. The van der Waals surface area contributed by atoms with Crippen LogP contribution in [0.3, 0.4) is 0 Å². The third-order valence-electron chi connectivity index (χ3n) is 2.59. The van der Waals surface area contributed by atoms with Gasteiger partial charge in [-0.3, -0.25) is 4.79 Å². The first-order valence-corrected chi connectivity index (χ1v) is 6.27. The van der Waals surface area contributed by atoms with Crippen LogP contribution >= 0.6 is 0 Å². The lowest BCUT2D eigenvalue weighted by Gasteiger charge is -2.10.